The van der Waals surface area contributed by atoms with Crippen molar-refractivity contribution in [1.29, 1.82) is 0 Å². The zero-order chi connectivity index (χ0) is 15.7. The van der Waals surface area contributed by atoms with Gasteiger partial charge in [-0.1, -0.05) is 6.92 Å². The summed E-state index contributed by atoms with van der Waals surface area (Å²) in [4.78, 5) is 16.8. The Bertz CT molecular complexity index is 530. The molecule has 3 heterocycles. The number of likely N-dealkylation sites (tertiary alicyclic amines) is 2. The zero-order valence-electron chi connectivity index (χ0n) is 13.8. The summed E-state index contributed by atoms with van der Waals surface area (Å²) in [7, 11) is 0. The fourth-order valence-electron chi connectivity index (χ4n) is 4.04. The molecule has 0 bridgehead atoms. The maximum Gasteiger partial charge on any atom is 0.233 e. The highest BCUT2D eigenvalue weighted by Gasteiger charge is 2.41. The lowest BCUT2D eigenvalue weighted by Gasteiger charge is -2.37. The Labute approximate surface area is 131 Å². The average Bonchev–Trinajstić information content (AvgIpc) is 3.24. The van der Waals surface area contributed by atoms with Gasteiger partial charge in [-0.3, -0.25) is 9.69 Å². The van der Waals surface area contributed by atoms with Crippen LogP contribution in [0.3, 0.4) is 0 Å². The topological polar surface area (TPSA) is 62.5 Å². The first-order valence-corrected chi connectivity index (χ1v) is 8.47. The third kappa shape index (κ3) is 2.76. The van der Waals surface area contributed by atoms with E-state index >= 15 is 0 Å². The zero-order valence-corrected chi connectivity index (χ0v) is 13.8. The molecule has 0 saturated carbocycles. The molecule has 3 rings (SSSR count). The van der Waals surface area contributed by atoms with Gasteiger partial charge in [0.15, 0.2) is 0 Å². The normalized spacial score (nSPS) is 27.5. The molecule has 2 aliphatic heterocycles. The maximum atomic E-state index is 12.2. The van der Waals surface area contributed by atoms with Crippen LogP contribution in [-0.4, -0.2) is 51.1 Å². The first-order valence-electron chi connectivity index (χ1n) is 8.47. The fraction of sp³-hybridized carbons (Fsp3) is 0.812. The van der Waals surface area contributed by atoms with Crippen molar-refractivity contribution in [2.24, 2.45) is 0 Å². The number of carbonyl (C=O) groups is 1. The lowest BCUT2D eigenvalue weighted by molar-refractivity contribution is -0.132. The Morgan fingerprint density at radius 3 is 2.68 bits per heavy atom. The molecule has 0 radical (unpaired) electrons. The summed E-state index contributed by atoms with van der Waals surface area (Å²) in [6.45, 7) is 7.86. The highest BCUT2D eigenvalue weighted by molar-refractivity contribution is 5.76. The van der Waals surface area contributed by atoms with Gasteiger partial charge in [0, 0.05) is 32.0 Å². The molecule has 6 nitrogen and oxygen atoms in total. The number of rotatable bonds is 4. The summed E-state index contributed by atoms with van der Waals surface area (Å²) in [5, 5.41) is 8.13. The predicted molar refractivity (Wildman–Crippen MR) is 82.2 cm³/mol. The Hall–Kier alpha value is -1.43. The number of carbonyl (C=O) groups excluding carboxylic acids is 1. The molecule has 2 fully saturated rings. The molecular formula is C16H26N4O2. The summed E-state index contributed by atoms with van der Waals surface area (Å²) < 4.78 is 5.62. The van der Waals surface area contributed by atoms with Crippen molar-refractivity contribution in [3.8, 4) is 0 Å². The van der Waals surface area contributed by atoms with Crippen LogP contribution < -0.4 is 0 Å². The Kier molecular flexibility index (Phi) is 4.47. The summed E-state index contributed by atoms with van der Waals surface area (Å²) in [5.74, 6) is 1.59. The standard InChI is InChI=1S/C16H26N4O2/c1-4-15(21)20-10-6-8-14(20)13-7-5-9-19(13)11(2)16-18-17-12(3)22-16/h11,13-14H,4-10H2,1-3H3/t11-,13+,14+/m0/s1. The van der Waals surface area contributed by atoms with Crippen LogP contribution in [0.2, 0.25) is 0 Å². The third-order valence-electron chi connectivity index (χ3n) is 5.10. The molecule has 0 unspecified atom stereocenters. The summed E-state index contributed by atoms with van der Waals surface area (Å²) in [6.07, 6.45) is 5.15. The van der Waals surface area contributed by atoms with Crippen LogP contribution in [0.15, 0.2) is 4.42 Å². The van der Waals surface area contributed by atoms with Crippen LogP contribution in [0.25, 0.3) is 0 Å². The van der Waals surface area contributed by atoms with Crippen molar-refractivity contribution in [3.05, 3.63) is 11.8 Å². The van der Waals surface area contributed by atoms with E-state index in [0.717, 1.165) is 32.4 Å². The largest absolute Gasteiger partial charge is 0.424 e. The van der Waals surface area contributed by atoms with E-state index in [1.54, 1.807) is 0 Å². The van der Waals surface area contributed by atoms with Crippen LogP contribution in [-0.2, 0) is 4.79 Å². The van der Waals surface area contributed by atoms with Crippen LogP contribution >= 0.6 is 0 Å². The van der Waals surface area contributed by atoms with Gasteiger partial charge < -0.3 is 9.32 Å². The molecule has 6 heteroatoms. The summed E-state index contributed by atoms with van der Waals surface area (Å²) in [6, 6.07) is 0.884. The molecule has 3 atom stereocenters. The molecule has 122 valence electrons. The molecule has 0 aromatic carbocycles. The van der Waals surface area contributed by atoms with Crippen molar-refractivity contribution >= 4 is 5.91 Å². The highest BCUT2D eigenvalue weighted by atomic mass is 16.4. The molecule has 22 heavy (non-hydrogen) atoms. The van der Waals surface area contributed by atoms with Crippen molar-refractivity contribution < 1.29 is 9.21 Å². The minimum atomic E-state index is 0.118. The lowest BCUT2D eigenvalue weighted by Crippen LogP contribution is -2.48. The highest BCUT2D eigenvalue weighted by Crippen LogP contribution is 2.35. The van der Waals surface area contributed by atoms with Crippen molar-refractivity contribution in [3.63, 3.8) is 0 Å². The van der Waals surface area contributed by atoms with Gasteiger partial charge in [0.1, 0.15) is 0 Å². The molecule has 2 aliphatic rings. The lowest BCUT2D eigenvalue weighted by atomic mass is 10.0. The minimum absolute atomic E-state index is 0.118. The third-order valence-corrected chi connectivity index (χ3v) is 5.10. The van der Waals surface area contributed by atoms with Gasteiger partial charge in [-0.05, 0) is 39.2 Å². The molecule has 0 aliphatic carbocycles. The van der Waals surface area contributed by atoms with Gasteiger partial charge in [0.25, 0.3) is 0 Å². The van der Waals surface area contributed by atoms with E-state index in [0.29, 0.717) is 30.3 Å². The number of nitrogens with zero attached hydrogens (tertiary/aromatic N) is 4. The van der Waals surface area contributed by atoms with E-state index in [-0.39, 0.29) is 11.9 Å². The second kappa shape index (κ2) is 6.36. The maximum absolute atomic E-state index is 12.2. The second-order valence-electron chi connectivity index (χ2n) is 6.43. The summed E-state index contributed by atoms with van der Waals surface area (Å²) in [5.41, 5.74) is 0. The molecule has 1 amide bonds. The SMILES string of the molecule is CCC(=O)N1CCC[C@@H]1[C@H]1CCCN1[C@@H](C)c1nnc(C)o1. The van der Waals surface area contributed by atoms with E-state index < -0.39 is 0 Å². The van der Waals surface area contributed by atoms with Gasteiger partial charge in [0.05, 0.1) is 6.04 Å². The van der Waals surface area contributed by atoms with Gasteiger partial charge >= 0.3 is 0 Å². The predicted octanol–water partition coefficient (Wildman–Crippen LogP) is 2.30. The molecule has 1 aromatic rings. The van der Waals surface area contributed by atoms with Crippen molar-refractivity contribution in [2.75, 3.05) is 13.1 Å². The monoisotopic (exact) mass is 306 g/mol. The van der Waals surface area contributed by atoms with E-state index in [2.05, 4.69) is 26.9 Å². The van der Waals surface area contributed by atoms with Gasteiger partial charge in [-0.15, -0.1) is 10.2 Å². The molecular weight excluding hydrogens is 280 g/mol. The molecule has 2 saturated heterocycles. The second-order valence-corrected chi connectivity index (χ2v) is 6.43. The summed E-state index contributed by atoms with van der Waals surface area (Å²) >= 11 is 0. The quantitative estimate of drug-likeness (QED) is 0.854. The van der Waals surface area contributed by atoms with Crippen LogP contribution in [0.1, 0.15) is 63.8 Å². The Balaban J connectivity index is 1.76. The smallest absolute Gasteiger partial charge is 0.233 e. The van der Waals surface area contributed by atoms with Crippen LogP contribution in [0, 0.1) is 6.92 Å². The van der Waals surface area contributed by atoms with Crippen LogP contribution in [0.5, 0.6) is 0 Å². The minimum Gasteiger partial charge on any atom is -0.424 e. The molecule has 1 aromatic heterocycles. The van der Waals surface area contributed by atoms with E-state index in [1.807, 2.05) is 13.8 Å². The van der Waals surface area contributed by atoms with E-state index in [4.69, 9.17) is 4.42 Å². The number of aromatic nitrogens is 2. The first-order chi connectivity index (χ1) is 10.6. The number of hydrogen-bond donors (Lipinski definition) is 0. The van der Waals surface area contributed by atoms with Gasteiger partial charge in [0.2, 0.25) is 17.7 Å². The number of amides is 1. The Morgan fingerprint density at radius 1 is 1.27 bits per heavy atom. The number of aryl methyl sites for hydroxylation is 1. The first kappa shape index (κ1) is 15.5. The van der Waals surface area contributed by atoms with Crippen LogP contribution in [0.4, 0.5) is 0 Å². The van der Waals surface area contributed by atoms with Gasteiger partial charge in [-0.2, -0.15) is 0 Å². The number of hydrogen-bond acceptors (Lipinski definition) is 5. The van der Waals surface area contributed by atoms with E-state index in [1.165, 1.54) is 6.42 Å². The fourth-order valence-corrected chi connectivity index (χ4v) is 4.04. The average molecular weight is 306 g/mol. The van der Waals surface area contributed by atoms with Crippen molar-refractivity contribution in [2.45, 2.75) is 71.0 Å². The van der Waals surface area contributed by atoms with E-state index in [9.17, 15) is 4.79 Å². The van der Waals surface area contributed by atoms with Crippen molar-refractivity contribution in [1.82, 2.24) is 20.0 Å². The molecule has 0 spiro atoms. The Morgan fingerprint density at radius 2 is 2.00 bits per heavy atom. The molecule has 0 N–H and O–H groups in total. The van der Waals surface area contributed by atoms with Gasteiger partial charge in [-0.25, -0.2) is 0 Å².